The third-order valence-corrected chi connectivity index (χ3v) is 5.42. The molecule has 0 radical (unpaired) electrons. The van der Waals surface area contributed by atoms with Gasteiger partial charge in [0, 0.05) is 18.2 Å². The van der Waals surface area contributed by atoms with Crippen molar-refractivity contribution in [1.82, 2.24) is 4.72 Å². The number of sulfonamides is 1. The van der Waals surface area contributed by atoms with Crippen molar-refractivity contribution in [3.63, 3.8) is 0 Å². The average Bonchev–Trinajstić information content (AvgIpc) is 2.60. The van der Waals surface area contributed by atoms with Crippen LogP contribution in [0.5, 0.6) is 0 Å². The molecular formula is C18H16N2O4S. The van der Waals surface area contributed by atoms with Gasteiger partial charge in [0.05, 0.1) is 9.82 Å². The van der Waals surface area contributed by atoms with E-state index >= 15 is 0 Å². The molecule has 128 valence electrons. The van der Waals surface area contributed by atoms with Gasteiger partial charge in [0.25, 0.3) is 5.69 Å². The van der Waals surface area contributed by atoms with Crippen LogP contribution in [0.4, 0.5) is 5.69 Å². The van der Waals surface area contributed by atoms with Crippen LogP contribution in [0.3, 0.4) is 0 Å². The molecule has 1 N–H and O–H groups in total. The number of nitrogens with zero attached hydrogens (tertiary/aromatic N) is 1. The van der Waals surface area contributed by atoms with E-state index < -0.39 is 14.9 Å². The van der Waals surface area contributed by atoms with E-state index in [0.29, 0.717) is 5.56 Å². The van der Waals surface area contributed by atoms with Crippen molar-refractivity contribution in [2.24, 2.45) is 0 Å². The molecule has 0 aliphatic carbocycles. The quantitative estimate of drug-likeness (QED) is 0.559. The Balaban J connectivity index is 1.89. The number of benzene rings is 3. The molecule has 3 rings (SSSR count). The highest BCUT2D eigenvalue weighted by Gasteiger charge is 2.19. The Kier molecular flexibility index (Phi) is 4.52. The fraction of sp³-hybridized carbons (Fsp3) is 0.111. The summed E-state index contributed by atoms with van der Waals surface area (Å²) in [5, 5.41) is 13.0. The number of rotatable bonds is 5. The molecule has 0 aromatic heterocycles. The van der Waals surface area contributed by atoms with E-state index in [9.17, 15) is 18.5 Å². The van der Waals surface area contributed by atoms with Gasteiger partial charge in [-0.25, -0.2) is 13.1 Å². The maximum Gasteiger partial charge on any atom is 0.273 e. The van der Waals surface area contributed by atoms with Gasteiger partial charge in [0.2, 0.25) is 10.0 Å². The normalized spacial score (nSPS) is 11.6. The summed E-state index contributed by atoms with van der Waals surface area (Å²) in [6.07, 6.45) is 0. The van der Waals surface area contributed by atoms with E-state index in [1.807, 2.05) is 42.5 Å². The smallest absolute Gasteiger partial charge is 0.258 e. The molecule has 3 aromatic rings. The zero-order valence-corrected chi connectivity index (χ0v) is 14.3. The number of hydrogen-bond donors (Lipinski definition) is 1. The van der Waals surface area contributed by atoms with E-state index in [1.165, 1.54) is 12.1 Å². The van der Waals surface area contributed by atoms with Gasteiger partial charge in [-0.15, -0.1) is 0 Å². The van der Waals surface area contributed by atoms with Crippen molar-refractivity contribution < 1.29 is 13.3 Å². The first-order valence-electron chi connectivity index (χ1n) is 7.60. The summed E-state index contributed by atoms with van der Waals surface area (Å²) in [7, 11) is -3.85. The summed E-state index contributed by atoms with van der Waals surface area (Å²) < 4.78 is 27.5. The van der Waals surface area contributed by atoms with Crippen molar-refractivity contribution in [3.05, 3.63) is 81.9 Å². The number of hydrogen-bond acceptors (Lipinski definition) is 4. The Labute approximate surface area is 145 Å². The number of nitro groups is 1. The first-order valence-corrected chi connectivity index (χ1v) is 9.08. The lowest BCUT2D eigenvalue weighted by atomic mass is 10.1. The Morgan fingerprint density at radius 2 is 1.76 bits per heavy atom. The second-order valence-electron chi connectivity index (χ2n) is 5.67. The van der Waals surface area contributed by atoms with Gasteiger partial charge in [0.1, 0.15) is 0 Å². The van der Waals surface area contributed by atoms with Crippen LogP contribution in [0, 0.1) is 17.0 Å². The van der Waals surface area contributed by atoms with Gasteiger partial charge in [-0.05, 0) is 29.3 Å². The molecule has 0 saturated heterocycles. The second-order valence-corrected chi connectivity index (χ2v) is 7.44. The van der Waals surface area contributed by atoms with Gasteiger partial charge >= 0.3 is 0 Å². The van der Waals surface area contributed by atoms with Crippen LogP contribution < -0.4 is 4.72 Å². The summed E-state index contributed by atoms with van der Waals surface area (Å²) in [5.74, 6) is 0. The number of nitro benzene ring substituents is 1. The lowest BCUT2D eigenvalue weighted by Crippen LogP contribution is -2.23. The van der Waals surface area contributed by atoms with Crippen LogP contribution in [0.25, 0.3) is 10.8 Å². The monoisotopic (exact) mass is 356 g/mol. The lowest BCUT2D eigenvalue weighted by molar-refractivity contribution is -0.385. The summed E-state index contributed by atoms with van der Waals surface area (Å²) in [6.45, 7) is 1.67. The molecule has 0 spiro atoms. The van der Waals surface area contributed by atoms with Crippen molar-refractivity contribution in [2.45, 2.75) is 18.4 Å². The highest BCUT2D eigenvalue weighted by molar-refractivity contribution is 7.89. The minimum absolute atomic E-state index is 0.103. The highest BCUT2D eigenvalue weighted by atomic mass is 32.2. The molecule has 0 atom stereocenters. The minimum Gasteiger partial charge on any atom is -0.258 e. The van der Waals surface area contributed by atoms with E-state index in [4.69, 9.17) is 0 Å². The summed E-state index contributed by atoms with van der Waals surface area (Å²) in [6, 6.07) is 17.2. The molecule has 0 bridgehead atoms. The molecule has 0 unspecified atom stereocenters. The van der Waals surface area contributed by atoms with Crippen molar-refractivity contribution in [3.8, 4) is 0 Å². The number of nitrogens with one attached hydrogen (secondary N) is 1. The zero-order valence-electron chi connectivity index (χ0n) is 13.5. The maximum absolute atomic E-state index is 12.5. The van der Waals surface area contributed by atoms with Crippen LogP contribution in [0.2, 0.25) is 0 Å². The summed E-state index contributed by atoms with van der Waals surface area (Å²) in [4.78, 5) is 10.3. The van der Waals surface area contributed by atoms with E-state index in [1.54, 1.807) is 6.92 Å². The Hall–Kier alpha value is -2.77. The molecule has 0 fully saturated rings. The van der Waals surface area contributed by atoms with Crippen molar-refractivity contribution in [2.75, 3.05) is 0 Å². The number of aryl methyl sites for hydroxylation is 1. The zero-order chi connectivity index (χ0) is 18.0. The number of fused-ring (bicyclic) bond motifs is 1. The fourth-order valence-corrected chi connectivity index (χ4v) is 3.68. The molecule has 0 aliphatic heterocycles. The summed E-state index contributed by atoms with van der Waals surface area (Å²) >= 11 is 0. The lowest BCUT2D eigenvalue weighted by Gasteiger charge is -2.10. The van der Waals surface area contributed by atoms with Gasteiger partial charge < -0.3 is 0 Å². The van der Waals surface area contributed by atoms with E-state index in [0.717, 1.165) is 22.4 Å². The summed E-state index contributed by atoms with van der Waals surface area (Å²) in [5.41, 5.74) is 1.04. The van der Waals surface area contributed by atoms with Gasteiger partial charge in [-0.2, -0.15) is 0 Å². The SMILES string of the molecule is Cc1ccc(S(=O)(=O)NCc2cccc3ccccc23)cc1[N+](=O)[O-]. The first kappa shape index (κ1) is 17.1. The Bertz CT molecular complexity index is 1060. The predicted molar refractivity (Wildman–Crippen MR) is 95.8 cm³/mol. The Morgan fingerprint density at radius 3 is 2.52 bits per heavy atom. The molecular weight excluding hydrogens is 340 g/mol. The largest absolute Gasteiger partial charge is 0.273 e. The molecule has 6 nitrogen and oxygen atoms in total. The van der Waals surface area contributed by atoms with Crippen LogP contribution >= 0.6 is 0 Å². The van der Waals surface area contributed by atoms with Gasteiger partial charge in [0.15, 0.2) is 0 Å². The minimum atomic E-state index is -3.85. The topological polar surface area (TPSA) is 89.3 Å². The molecule has 0 heterocycles. The molecule has 0 saturated carbocycles. The molecule has 3 aromatic carbocycles. The standard InChI is InChI=1S/C18H16N2O4S/c1-13-9-10-16(11-18(13)20(21)22)25(23,24)19-12-15-7-4-6-14-5-2-3-8-17(14)15/h2-11,19H,12H2,1H3. The van der Waals surface area contributed by atoms with E-state index in [-0.39, 0.29) is 17.1 Å². The molecule has 0 aliphatic rings. The van der Waals surface area contributed by atoms with E-state index in [2.05, 4.69) is 4.72 Å². The molecule has 0 amide bonds. The fourth-order valence-electron chi connectivity index (χ4n) is 2.66. The van der Waals surface area contributed by atoms with Crippen LogP contribution in [0.15, 0.2) is 65.6 Å². The van der Waals surface area contributed by atoms with Crippen molar-refractivity contribution in [1.29, 1.82) is 0 Å². The molecule has 7 heteroatoms. The highest BCUT2D eigenvalue weighted by Crippen LogP contribution is 2.23. The molecule has 25 heavy (non-hydrogen) atoms. The van der Waals surface area contributed by atoms with Crippen molar-refractivity contribution >= 4 is 26.5 Å². The third kappa shape index (κ3) is 3.52. The van der Waals surface area contributed by atoms with Gasteiger partial charge in [-0.1, -0.05) is 48.5 Å². The van der Waals surface area contributed by atoms with Gasteiger partial charge in [-0.3, -0.25) is 10.1 Å². The third-order valence-electron chi connectivity index (χ3n) is 4.02. The second kappa shape index (κ2) is 6.62. The van der Waals surface area contributed by atoms with Crippen LogP contribution in [-0.4, -0.2) is 13.3 Å². The first-order chi connectivity index (χ1) is 11.9. The van der Waals surface area contributed by atoms with Crippen LogP contribution in [0.1, 0.15) is 11.1 Å². The van der Waals surface area contributed by atoms with Crippen LogP contribution in [-0.2, 0) is 16.6 Å². The Morgan fingerprint density at radius 1 is 1.04 bits per heavy atom. The maximum atomic E-state index is 12.5. The predicted octanol–water partition coefficient (Wildman–Crippen LogP) is 3.53. The average molecular weight is 356 g/mol.